The molecule has 1 N–H and O–H groups in total. The van der Waals surface area contributed by atoms with E-state index in [0.29, 0.717) is 12.6 Å². The van der Waals surface area contributed by atoms with Crippen molar-refractivity contribution in [1.82, 2.24) is 4.98 Å². The first kappa shape index (κ1) is 14.5. The summed E-state index contributed by atoms with van der Waals surface area (Å²) in [7, 11) is 0. The Labute approximate surface area is 118 Å². The van der Waals surface area contributed by atoms with E-state index in [4.69, 9.17) is 16.3 Å². The van der Waals surface area contributed by atoms with E-state index in [0.717, 1.165) is 6.07 Å². The van der Waals surface area contributed by atoms with Gasteiger partial charge in [0.25, 0.3) is 5.88 Å². The van der Waals surface area contributed by atoms with E-state index in [1.54, 1.807) is 6.92 Å². The van der Waals surface area contributed by atoms with Gasteiger partial charge < -0.3 is 10.1 Å². The molecule has 0 saturated heterocycles. The number of ether oxygens (including phenoxy) is 1. The zero-order valence-corrected chi connectivity index (χ0v) is 11.1. The summed E-state index contributed by atoms with van der Waals surface area (Å²) in [5, 5.41) is 2.46. The normalized spacial score (nSPS) is 10.4. The van der Waals surface area contributed by atoms with Crippen molar-refractivity contribution in [2.45, 2.75) is 6.92 Å². The van der Waals surface area contributed by atoms with Crippen LogP contribution < -0.4 is 10.1 Å². The van der Waals surface area contributed by atoms with Gasteiger partial charge in [-0.3, -0.25) is 0 Å². The van der Waals surface area contributed by atoms with Crippen LogP contribution >= 0.6 is 11.6 Å². The average Bonchev–Trinajstić information content (AvgIpc) is 2.39. The molecule has 0 amide bonds. The summed E-state index contributed by atoms with van der Waals surface area (Å²) in [6, 6.07) is 4.17. The number of aromatic nitrogens is 1. The Morgan fingerprint density at radius 2 is 1.90 bits per heavy atom. The third-order valence-corrected chi connectivity index (χ3v) is 2.64. The Balaban J connectivity index is 2.32. The van der Waals surface area contributed by atoms with Gasteiger partial charge in [0.2, 0.25) is 0 Å². The predicted octanol–water partition coefficient (Wildman–Crippen LogP) is 4.38. The second-order valence-corrected chi connectivity index (χ2v) is 4.22. The van der Waals surface area contributed by atoms with Gasteiger partial charge in [-0.2, -0.15) is 4.98 Å². The van der Waals surface area contributed by atoms with Crippen molar-refractivity contribution >= 4 is 17.4 Å². The lowest BCUT2D eigenvalue weighted by molar-refractivity contribution is 0.417. The van der Waals surface area contributed by atoms with Crippen molar-refractivity contribution in [3.05, 3.63) is 46.7 Å². The number of hydrogen-bond donors (Lipinski definition) is 1. The lowest BCUT2D eigenvalue weighted by Crippen LogP contribution is -2.04. The number of nitrogens with one attached hydrogen (secondary N) is 1. The van der Waals surface area contributed by atoms with Crippen LogP contribution in [0.3, 0.4) is 0 Å². The quantitative estimate of drug-likeness (QED) is 0.910. The smallest absolute Gasteiger partial charge is 0.258 e. The zero-order valence-electron chi connectivity index (χ0n) is 10.4. The molecule has 2 rings (SSSR count). The molecule has 0 aliphatic heterocycles. The minimum absolute atomic E-state index is 0.0943. The number of halogens is 4. The lowest BCUT2D eigenvalue weighted by atomic mass is 10.3. The molecule has 0 radical (unpaired) electrons. The first-order chi connectivity index (χ1) is 9.51. The molecule has 1 aromatic heterocycles. The molecular weight excluding hydrogens is 293 g/mol. The summed E-state index contributed by atoms with van der Waals surface area (Å²) in [4.78, 5) is 3.69. The van der Waals surface area contributed by atoms with Crippen LogP contribution in [0.1, 0.15) is 6.92 Å². The van der Waals surface area contributed by atoms with Crippen LogP contribution in [0.4, 0.5) is 19.0 Å². The monoisotopic (exact) mass is 302 g/mol. The van der Waals surface area contributed by atoms with E-state index in [2.05, 4.69) is 10.3 Å². The highest BCUT2D eigenvalue weighted by Gasteiger charge is 2.14. The molecule has 2 aromatic rings. The van der Waals surface area contributed by atoms with Gasteiger partial charge in [0.05, 0.1) is 5.02 Å². The number of rotatable bonds is 4. The van der Waals surface area contributed by atoms with Gasteiger partial charge in [-0.1, -0.05) is 11.6 Å². The predicted molar refractivity (Wildman–Crippen MR) is 69.8 cm³/mol. The van der Waals surface area contributed by atoms with Gasteiger partial charge in [-0.05, 0) is 19.1 Å². The molecule has 106 valence electrons. The van der Waals surface area contributed by atoms with Crippen molar-refractivity contribution in [2.75, 3.05) is 11.9 Å². The van der Waals surface area contributed by atoms with Gasteiger partial charge in [0, 0.05) is 18.7 Å². The first-order valence-corrected chi connectivity index (χ1v) is 6.12. The molecule has 7 heteroatoms. The van der Waals surface area contributed by atoms with Crippen LogP contribution in [-0.4, -0.2) is 11.5 Å². The minimum Gasteiger partial charge on any atom is -0.436 e. The highest BCUT2D eigenvalue weighted by Crippen LogP contribution is 2.28. The van der Waals surface area contributed by atoms with Gasteiger partial charge >= 0.3 is 0 Å². The number of anilines is 1. The first-order valence-electron chi connectivity index (χ1n) is 5.74. The summed E-state index contributed by atoms with van der Waals surface area (Å²) in [5.41, 5.74) is 0. The molecule has 0 aliphatic rings. The maximum absolute atomic E-state index is 13.6. The minimum atomic E-state index is -0.968. The Hall–Kier alpha value is -1.95. The zero-order chi connectivity index (χ0) is 14.7. The summed E-state index contributed by atoms with van der Waals surface area (Å²) in [6.07, 6.45) is 0. The standard InChI is InChI=1S/C13H10ClF3N2O/c1-2-18-12-10(16)6-11(17)13(19-12)20-7-3-4-9(15)8(14)5-7/h3-6H,2H2,1H3,(H,18,19). The second-order valence-electron chi connectivity index (χ2n) is 3.81. The van der Waals surface area contributed by atoms with Crippen LogP contribution in [0.15, 0.2) is 24.3 Å². The van der Waals surface area contributed by atoms with Crippen LogP contribution in [0, 0.1) is 17.5 Å². The fraction of sp³-hybridized carbons (Fsp3) is 0.154. The van der Waals surface area contributed by atoms with E-state index < -0.39 is 23.3 Å². The molecule has 20 heavy (non-hydrogen) atoms. The Kier molecular flexibility index (Phi) is 4.34. The summed E-state index contributed by atoms with van der Waals surface area (Å²) in [5.74, 6) is -2.88. The molecule has 0 aliphatic carbocycles. The molecular formula is C13H10ClF3N2O. The highest BCUT2D eigenvalue weighted by atomic mass is 35.5. The third-order valence-electron chi connectivity index (χ3n) is 2.35. The fourth-order valence-electron chi connectivity index (χ4n) is 1.46. The summed E-state index contributed by atoms with van der Waals surface area (Å²) < 4.78 is 45.1. The SMILES string of the molecule is CCNc1nc(Oc2ccc(F)c(Cl)c2)c(F)cc1F. The van der Waals surface area contributed by atoms with E-state index in [-0.39, 0.29) is 16.6 Å². The van der Waals surface area contributed by atoms with Crippen molar-refractivity contribution in [2.24, 2.45) is 0 Å². The van der Waals surface area contributed by atoms with Crippen molar-refractivity contribution in [3.63, 3.8) is 0 Å². The lowest BCUT2D eigenvalue weighted by Gasteiger charge is -2.09. The average molecular weight is 303 g/mol. The van der Waals surface area contributed by atoms with Crippen molar-refractivity contribution in [1.29, 1.82) is 0 Å². The molecule has 0 bridgehead atoms. The summed E-state index contributed by atoms with van der Waals surface area (Å²) in [6.45, 7) is 2.15. The van der Waals surface area contributed by atoms with Gasteiger partial charge in [0.1, 0.15) is 11.6 Å². The van der Waals surface area contributed by atoms with Crippen molar-refractivity contribution in [3.8, 4) is 11.6 Å². The van der Waals surface area contributed by atoms with Crippen molar-refractivity contribution < 1.29 is 17.9 Å². The van der Waals surface area contributed by atoms with Crippen LogP contribution in [0.5, 0.6) is 11.6 Å². The molecule has 0 unspecified atom stereocenters. The maximum Gasteiger partial charge on any atom is 0.258 e. The fourth-order valence-corrected chi connectivity index (χ4v) is 1.64. The Morgan fingerprint density at radius 1 is 1.15 bits per heavy atom. The largest absolute Gasteiger partial charge is 0.436 e. The number of benzene rings is 1. The summed E-state index contributed by atoms with van der Waals surface area (Å²) >= 11 is 5.58. The van der Waals surface area contributed by atoms with E-state index in [1.807, 2.05) is 0 Å². The molecule has 1 aromatic carbocycles. The van der Waals surface area contributed by atoms with Gasteiger partial charge in [-0.25, -0.2) is 13.2 Å². The third kappa shape index (κ3) is 3.14. The highest BCUT2D eigenvalue weighted by molar-refractivity contribution is 6.30. The molecule has 0 saturated carbocycles. The van der Waals surface area contributed by atoms with Crippen LogP contribution in [-0.2, 0) is 0 Å². The topological polar surface area (TPSA) is 34.2 Å². The van der Waals surface area contributed by atoms with E-state index in [9.17, 15) is 13.2 Å². The Morgan fingerprint density at radius 3 is 2.55 bits per heavy atom. The van der Waals surface area contributed by atoms with E-state index in [1.165, 1.54) is 12.1 Å². The Bertz CT molecular complexity index is 637. The second kappa shape index (κ2) is 6.00. The molecule has 3 nitrogen and oxygen atoms in total. The molecule has 0 spiro atoms. The number of hydrogen-bond acceptors (Lipinski definition) is 3. The number of pyridine rings is 1. The van der Waals surface area contributed by atoms with E-state index >= 15 is 0 Å². The maximum atomic E-state index is 13.6. The number of nitrogens with zero attached hydrogens (tertiary/aromatic N) is 1. The van der Waals surface area contributed by atoms with Crippen LogP contribution in [0.25, 0.3) is 0 Å². The van der Waals surface area contributed by atoms with Gasteiger partial charge in [-0.15, -0.1) is 0 Å². The van der Waals surface area contributed by atoms with Crippen LogP contribution in [0.2, 0.25) is 5.02 Å². The molecule has 1 heterocycles. The van der Waals surface area contributed by atoms with Gasteiger partial charge in [0.15, 0.2) is 17.5 Å². The molecule has 0 fully saturated rings. The molecule has 0 atom stereocenters.